The van der Waals surface area contributed by atoms with Crippen LogP contribution in [0.2, 0.25) is 0 Å². The number of aliphatic hydroxyl groups excluding tert-OH is 2. The standard InChI is InChI=1S/C12H19NO3/c1-16-9-11-4-2-10(3-5-11)6-13-7-12(15)8-14/h2-5,12-15H,6-9H2,1H3. The van der Waals surface area contributed by atoms with E-state index < -0.39 is 6.10 Å². The fraction of sp³-hybridized carbons (Fsp3) is 0.500. The molecule has 1 aromatic carbocycles. The molecule has 0 heterocycles. The van der Waals surface area contributed by atoms with E-state index in [0.717, 1.165) is 11.1 Å². The molecule has 0 spiro atoms. The summed E-state index contributed by atoms with van der Waals surface area (Å²) < 4.78 is 5.02. The summed E-state index contributed by atoms with van der Waals surface area (Å²) in [4.78, 5) is 0. The van der Waals surface area contributed by atoms with Crippen LogP contribution in [0.1, 0.15) is 11.1 Å². The lowest BCUT2D eigenvalue weighted by atomic mass is 10.1. The molecule has 90 valence electrons. The first-order valence-electron chi connectivity index (χ1n) is 5.32. The fourth-order valence-corrected chi connectivity index (χ4v) is 1.37. The van der Waals surface area contributed by atoms with Gasteiger partial charge >= 0.3 is 0 Å². The molecule has 0 radical (unpaired) electrons. The van der Waals surface area contributed by atoms with Crippen LogP contribution in [0.5, 0.6) is 0 Å². The molecule has 3 N–H and O–H groups in total. The fourth-order valence-electron chi connectivity index (χ4n) is 1.37. The molecule has 4 nitrogen and oxygen atoms in total. The molecule has 1 atom stereocenters. The third-order valence-corrected chi connectivity index (χ3v) is 2.25. The zero-order valence-corrected chi connectivity index (χ0v) is 9.52. The molecule has 0 saturated carbocycles. The van der Waals surface area contributed by atoms with Crippen LogP contribution in [0.4, 0.5) is 0 Å². The Morgan fingerprint density at radius 2 is 1.88 bits per heavy atom. The Labute approximate surface area is 95.9 Å². The molecule has 0 fully saturated rings. The molecule has 4 heteroatoms. The minimum absolute atomic E-state index is 0.209. The number of hydrogen-bond donors (Lipinski definition) is 3. The molecule has 16 heavy (non-hydrogen) atoms. The van der Waals surface area contributed by atoms with Crippen LogP contribution in [0.25, 0.3) is 0 Å². The summed E-state index contributed by atoms with van der Waals surface area (Å²) >= 11 is 0. The molecule has 1 unspecified atom stereocenters. The van der Waals surface area contributed by atoms with Crippen LogP contribution in [-0.2, 0) is 17.9 Å². The highest BCUT2D eigenvalue weighted by Gasteiger charge is 2.00. The van der Waals surface area contributed by atoms with Crippen molar-refractivity contribution in [2.45, 2.75) is 19.3 Å². The number of rotatable bonds is 7. The summed E-state index contributed by atoms with van der Waals surface area (Å²) in [5.74, 6) is 0. The normalized spacial score (nSPS) is 12.7. The Hall–Kier alpha value is -0.940. The van der Waals surface area contributed by atoms with Crippen LogP contribution in [-0.4, -0.2) is 36.6 Å². The maximum absolute atomic E-state index is 9.12. The van der Waals surface area contributed by atoms with Gasteiger partial charge in [-0.05, 0) is 11.1 Å². The molecule has 0 aliphatic carbocycles. The number of nitrogens with one attached hydrogen (secondary N) is 1. The van der Waals surface area contributed by atoms with E-state index in [0.29, 0.717) is 19.7 Å². The first kappa shape index (κ1) is 13.1. The van der Waals surface area contributed by atoms with Crippen LogP contribution in [0.15, 0.2) is 24.3 Å². The van der Waals surface area contributed by atoms with Crippen LogP contribution in [0, 0.1) is 0 Å². The van der Waals surface area contributed by atoms with E-state index in [4.69, 9.17) is 14.9 Å². The zero-order valence-electron chi connectivity index (χ0n) is 9.52. The maximum Gasteiger partial charge on any atom is 0.0895 e. The SMILES string of the molecule is COCc1ccc(CNCC(O)CO)cc1. The Bertz CT molecular complexity index is 287. The first-order chi connectivity index (χ1) is 7.76. The maximum atomic E-state index is 9.12. The van der Waals surface area contributed by atoms with Crippen molar-refractivity contribution in [1.82, 2.24) is 5.32 Å². The molecule has 0 aliphatic rings. The van der Waals surface area contributed by atoms with Gasteiger partial charge in [-0.1, -0.05) is 24.3 Å². The summed E-state index contributed by atoms with van der Waals surface area (Å²) in [7, 11) is 1.67. The minimum Gasteiger partial charge on any atom is -0.394 e. The van der Waals surface area contributed by atoms with Crippen molar-refractivity contribution in [3.8, 4) is 0 Å². The van der Waals surface area contributed by atoms with Gasteiger partial charge in [0, 0.05) is 20.2 Å². The number of benzene rings is 1. The lowest BCUT2D eigenvalue weighted by Gasteiger charge is -2.09. The van der Waals surface area contributed by atoms with Crippen molar-refractivity contribution in [1.29, 1.82) is 0 Å². The van der Waals surface area contributed by atoms with Crippen molar-refractivity contribution in [2.75, 3.05) is 20.3 Å². The van der Waals surface area contributed by atoms with Crippen molar-refractivity contribution in [3.05, 3.63) is 35.4 Å². The predicted octanol–water partition coefficient (Wildman–Crippen LogP) is 0.276. The molecular weight excluding hydrogens is 206 g/mol. The van der Waals surface area contributed by atoms with Gasteiger partial charge in [0.25, 0.3) is 0 Å². The number of ether oxygens (including phenoxy) is 1. The van der Waals surface area contributed by atoms with Gasteiger partial charge in [-0.25, -0.2) is 0 Å². The summed E-state index contributed by atoms with van der Waals surface area (Å²) in [5.41, 5.74) is 2.28. The summed E-state index contributed by atoms with van der Waals surface area (Å²) in [6.45, 7) is 1.50. The van der Waals surface area contributed by atoms with E-state index in [1.54, 1.807) is 7.11 Å². The summed E-state index contributed by atoms with van der Waals surface area (Å²) in [6.07, 6.45) is -0.687. The van der Waals surface area contributed by atoms with Gasteiger partial charge < -0.3 is 20.3 Å². The van der Waals surface area contributed by atoms with Gasteiger partial charge in [-0.3, -0.25) is 0 Å². The van der Waals surface area contributed by atoms with Crippen molar-refractivity contribution >= 4 is 0 Å². The zero-order chi connectivity index (χ0) is 11.8. The highest BCUT2D eigenvalue weighted by Crippen LogP contribution is 2.05. The van der Waals surface area contributed by atoms with Gasteiger partial charge in [0.05, 0.1) is 19.3 Å². The molecule has 0 amide bonds. The van der Waals surface area contributed by atoms with Gasteiger partial charge in [0.15, 0.2) is 0 Å². The Morgan fingerprint density at radius 1 is 1.25 bits per heavy atom. The van der Waals surface area contributed by atoms with Gasteiger partial charge in [0.2, 0.25) is 0 Å². The molecule has 1 rings (SSSR count). The van der Waals surface area contributed by atoms with Crippen molar-refractivity contribution in [3.63, 3.8) is 0 Å². The molecule has 0 aromatic heterocycles. The van der Waals surface area contributed by atoms with Gasteiger partial charge in [0.1, 0.15) is 0 Å². The van der Waals surface area contributed by atoms with Crippen LogP contribution < -0.4 is 5.32 Å². The molecule has 0 saturated heterocycles. The average Bonchev–Trinajstić information content (AvgIpc) is 2.31. The number of hydrogen-bond acceptors (Lipinski definition) is 4. The Balaban J connectivity index is 2.31. The summed E-state index contributed by atoms with van der Waals surface area (Å²) in [6, 6.07) is 8.07. The van der Waals surface area contributed by atoms with E-state index in [9.17, 15) is 0 Å². The topological polar surface area (TPSA) is 61.7 Å². The minimum atomic E-state index is -0.687. The van der Waals surface area contributed by atoms with Crippen molar-refractivity contribution in [2.24, 2.45) is 0 Å². The largest absolute Gasteiger partial charge is 0.394 e. The quantitative estimate of drug-likeness (QED) is 0.623. The molecular formula is C12H19NO3. The van der Waals surface area contributed by atoms with E-state index in [1.165, 1.54) is 0 Å². The van der Waals surface area contributed by atoms with E-state index in [2.05, 4.69) is 5.32 Å². The predicted molar refractivity (Wildman–Crippen MR) is 62.0 cm³/mol. The third kappa shape index (κ3) is 4.72. The average molecular weight is 225 g/mol. The molecule has 1 aromatic rings. The highest BCUT2D eigenvalue weighted by atomic mass is 16.5. The van der Waals surface area contributed by atoms with Crippen LogP contribution in [0.3, 0.4) is 0 Å². The first-order valence-corrected chi connectivity index (χ1v) is 5.32. The molecule has 0 aliphatic heterocycles. The van der Waals surface area contributed by atoms with E-state index >= 15 is 0 Å². The number of methoxy groups -OCH3 is 1. The van der Waals surface area contributed by atoms with Crippen molar-refractivity contribution < 1.29 is 14.9 Å². The Kier molecular flexibility index (Phi) is 6.03. The third-order valence-electron chi connectivity index (χ3n) is 2.25. The highest BCUT2D eigenvalue weighted by molar-refractivity contribution is 5.21. The lowest BCUT2D eigenvalue weighted by Crippen LogP contribution is -2.28. The number of aliphatic hydroxyl groups is 2. The van der Waals surface area contributed by atoms with Crippen LogP contribution >= 0.6 is 0 Å². The lowest BCUT2D eigenvalue weighted by molar-refractivity contribution is 0.0942. The molecule has 0 bridgehead atoms. The van der Waals surface area contributed by atoms with E-state index in [1.807, 2.05) is 24.3 Å². The second-order valence-electron chi connectivity index (χ2n) is 3.72. The second kappa shape index (κ2) is 7.35. The monoisotopic (exact) mass is 225 g/mol. The second-order valence-corrected chi connectivity index (χ2v) is 3.72. The smallest absolute Gasteiger partial charge is 0.0895 e. The van der Waals surface area contributed by atoms with E-state index in [-0.39, 0.29) is 6.61 Å². The summed E-state index contributed by atoms with van der Waals surface area (Å²) in [5, 5.41) is 20.8. The Morgan fingerprint density at radius 3 is 2.44 bits per heavy atom. The van der Waals surface area contributed by atoms with Gasteiger partial charge in [-0.2, -0.15) is 0 Å². The van der Waals surface area contributed by atoms with Gasteiger partial charge in [-0.15, -0.1) is 0 Å².